The first-order chi connectivity index (χ1) is 11.4. The average molecular weight is 310 g/mol. The summed E-state index contributed by atoms with van der Waals surface area (Å²) in [7, 11) is 0. The molecule has 1 saturated heterocycles. The zero-order valence-corrected chi connectivity index (χ0v) is 13.9. The van der Waals surface area contributed by atoms with Crippen molar-refractivity contribution in [1.29, 1.82) is 0 Å². The minimum atomic E-state index is 0.514. The summed E-state index contributed by atoms with van der Waals surface area (Å²) in [5.41, 5.74) is 2.59. The average Bonchev–Trinajstić information content (AvgIpc) is 2.63. The molecule has 0 aliphatic carbocycles. The fourth-order valence-electron chi connectivity index (χ4n) is 3.23. The van der Waals surface area contributed by atoms with Crippen LogP contribution in [0.3, 0.4) is 0 Å². The highest BCUT2D eigenvalue weighted by Gasteiger charge is 2.20. The minimum absolute atomic E-state index is 0.514. The van der Waals surface area contributed by atoms with Crippen molar-refractivity contribution < 1.29 is 4.74 Å². The van der Waals surface area contributed by atoms with Crippen molar-refractivity contribution in [3.63, 3.8) is 0 Å². The first kappa shape index (κ1) is 16.0. The van der Waals surface area contributed by atoms with Crippen molar-refractivity contribution >= 4 is 0 Å². The molecule has 0 amide bonds. The molecule has 23 heavy (non-hydrogen) atoms. The quantitative estimate of drug-likeness (QED) is 0.882. The third kappa shape index (κ3) is 4.34. The maximum atomic E-state index is 5.88. The van der Waals surface area contributed by atoms with Crippen LogP contribution in [0.2, 0.25) is 0 Å². The number of ether oxygens (including phenoxy) is 1. The molecule has 0 saturated carbocycles. The molecule has 1 heterocycles. The Kier molecular flexibility index (Phi) is 5.67. The van der Waals surface area contributed by atoms with Crippen molar-refractivity contribution in [1.82, 2.24) is 10.2 Å². The fourth-order valence-corrected chi connectivity index (χ4v) is 3.23. The van der Waals surface area contributed by atoms with Gasteiger partial charge in [0, 0.05) is 32.2 Å². The van der Waals surface area contributed by atoms with Gasteiger partial charge in [0.2, 0.25) is 0 Å². The summed E-state index contributed by atoms with van der Waals surface area (Å²) < 4.78 is 5.88. The fraction of sp³-hybridized carbons (Fsp3) is 0.400. The summed E-state index contributed by atoms with van der Waals surface area (Å²) in [6.45, 7) is 7.33. The molecule has 1 aliphatic rings. The standard InChI is InChI=1S/C20H26N2O/c1-2-20(22-14-12-21-13-15-22)18-8-10-19(11-9-18)23-16-17-6-4-3-5-7-17/h3-11,20-21H,2,12-16H2,1H3. The molecule has 1 N–H and O–H groups in total. The summed E-state index contributed by atoms with van der Waals surface area (Å²) in [5.74, 6) is 0.938. The lowest BCUT2D eigenvalue weighted by atomic mass is 10.0. The van der Waals surface area contributed by atoms with Gasteiger partial charge >= 0.3 is 0 Å². The van der Waals surface area contributed by atoms with Gasteiger partial charge in [-0.1, -0.05) is 49.4 Å². The second kappa shape index (κ2) is 8.14. The second-order valence-corrected chi connectivity index (χ2v) is 6.05. The van der Waals surface area contributed by atoms with Gasteiger partial charge in [-0.25, -0.2) is 0 Å². The lowest BCUT2D eigenvalue weighted by Crippen LogP contribution is -2.45. The van der Waals surface area contributed by atoms with Gasteiger partial charge in [-0.15, -0.1) is 0 Å². The summed E-state index contributed by atoms with van der Waals surface area (Å²) in [6, 6.07) is 19.4. The minimum Gasteiger partial charge on any atom is -0.489 e. The van der Waals surface area contributed by atoms with Gasteiger partial charge in [-0.2, -0.15) is 0 Å². The molecule has 0 spiro atoms. The predicted molar refractivity (Wildman–Crippen MR) is 94.7 cm³/mol. The highest BCUT2D eigenvalue weighted by atomic mass is 16.5. The van der Waals surface area contributed by atoms with Gasteiger partial charge in [0.1, 0.15) is 12.4 Å². The van der Waals surface area contributed by atoms with E-state index < -0.39 is 0 Å². The zero-order chi connectivity index (χ0) is 15.9. The Hall–Kier alpha value is -1.84. The number of nitrogens with one attached hydrogen (secondary N) is 1. The Morgan fingerprint density at radius 2 is 1.70 bits per heavy atom. The molecule has 1 fully saturated rings. The van der Waals surface area contributed by atoms with Crippen molar-refractivity contribution in [2.45, 2.75) is 26.0 Å². The van der Waals surface area contributed by atoms with Gasteiger partial charge in [0.25, 0.3) is 0 Å². The third-order valence-electron chi connectivity index (χ3n) is 4.49. The number of rotatable bonds is 6. The molecule has 0 aromatic heterocycles. The van der Waals surface area contributed by atoms with Crippen LogP contribution < -0.4 is 10.1 Å². The first-order valence-corrected chi connectivity index (χ1v) is 8.58. The molecule has 3 rings (SSSR count). The van der Waals surface area contributed by atoms with E-state index in [0.717, 1.165) is 38.3 Å². The molecule has 1 aliphatic heterocycles. The van der Waals surface area contributed by atoms with Crippen molar-refractivity contribution in [3.05, 3.63) is 65.7 Å². The lowest BCUT2D eigenvalue weighted by molar-refractivity contribution is 0.169. The highest BCUT2D eigenvalue weighted by molar-refractivity contribution is 5.29. The van der Waals surface area contributed by atoms with Crippen LogP contribution in [0.1, 0.15) is 30.5 Å². The smallest absolute Gasteiger partial charge is 0.119 e. The Labute approximate surface area is 139 Å². The first-order valence-electron chi connectivity index (χ1n) is 8.58. The Morgan fingerprint density at radius 1 is 1.00 bits per heavy atom. The molecule has 0 radical (unpaired) electrons. The van der Waals surface area contributed by atoms with E-state index in [1.807, 2.05) is 18.2 Å². The van der Waals surface area contributed by atoms with Crippen molar-refractivity contribution in [2.75, 3.05) is 26.2 Å². The largest absolute Gasteiger partial charge is 0.489 e. The highest BCUT2D eigenvalue weighted by Crippen LogP contribution is 2.26. The van der Waals surface area contributed by atoms with E-state index in [1.54, 1.807) is 0 Å². The maximum Gasteiger partial charge on any atom is 0.119 e. The number of piperazine rings is 1. The van der Waals surface area contributed by atoms with Crippen LogP contribution in [-0.2, 0) is 6.61 Å². The van der Waals surface area contributed by atoms with Crippen LogP contribution in [0.15, 0.2) is 54.6 Å². The van der Waals surface area contributed by atoms with E-state index in [9.17, 15) is 0 Å². The van der Waals surface area contributed by atoms with Gasteiger partial charge in [-0.05, 0) is 29.7 Å². The third-order valence-corrected chi connectivity index (χ3v) is 4.49. The lowest BCUT2D eigenvalue weighted by Gasteiger charge is -2.34. The van der Waals surface area contributed by atoms with Crippen LogP contribution in [0, 0.1) is 0 Å². The molecule has 3 heteroatoms. The molecule has 122 valence electrons. The topological polar surface area (TPSA) is 24.5 Å². The summed E-state index contributed by atoms with van der Waals surface area (Å²) >= 11 is 0. The molecule has 0 bridgehead atoms. The molecule has 1 atom stereocenters. The van der Waals surface area contributed by atoms with Crippen LogP contribution in [0.5, 0.6) is 5.75 Å². The molecule has 2 aromatic rings. The molecular weight excluding hydrogens is 284 g/mol. The summed E-state index contributed by atoms with van der Waals surface area (Å²) in [5, 5.41) is 3.42. The predicted octanol–water partition coefficient (Wildman–Crippen LogP) is 3.62. The van der Waals surface area contributed by atoms with E-state index in [2.05, 4.69) is 53.5 Å². The van der Waals surface area contributed by atoms with Crippen LogP contribution in [-0.4, -0.2) is 31.1 Å². The number of nitrogens with zero attached hydrogens (tertiary/aromatic N) is 1. The van der Waals surface area contributed by atoms with Gasteiger partial charge in [-0.3, -0.25) is 4.90 Å². The van der Waals surface area contributed by atoms with Gasteiger partial charge < -0.3 is 10.1 Å². The normalized spacial score (nSPS) is 16.9. The van der Waals surface area contributed by atoms with E-state index in [4.69, 9.17) is 4.74 Å². The van der Waals surface area contributed by atoms with Crippen LogP contribution >= 0.6 is 0 Å². The number of hydrogen-bond acceptors (Lipinski definition) is 3. The maximum absolute atomic E-state index is 5.88. The Morgan fingerprint density at radius 3 is 2.35 bits per heavy atom. The molecule has 2 aromatic carbocycles. The Balaban J connectivity index is 1.61. The second-order valence-electron chi connectivity index (χ2n) is 6.05. The summed E-state index contributed by atoms with van der Waals surface area (Å²) in [4.78, 5) is 2.58. The van der Waals surface area contributed by atoms with Crippen molar-refractivity contribution in [3.8, 4) is 5.75 Å². The van der Waals surface area contributed by atoms with Crippen molar-refractivity contribution in [2.24, 2.45) is 0 Å². The monoisotopic (exact) mass is 310 g/mol. The zero-order valence-electron chi connectivity index (χ0n) is 13.9. The van der Waals surface area contributed by atoms with E-state index in [-0.39, 0.29) is 0 Å². The van der Waals surface area contributed by atoms with Crippen LogP contribution in [0.4, 0.5) is 0 Å². The van der Waals surface area contributed by atoms with Crippen LogP contribution in [0.25, 0.3) is 0 Å². The molecule has 1 unspecified atom stereocenters. The van der Waals surface area contributed by atoms with Gasteiger partial charge in [0.05, 0.1) is 0 Å². The summed E-state index contributed by atoms with van der Waals surface area (Å²) in [6.07, 6.45) is 1.14. The number of hydrogen-bond donors (Lipinski definition) is 1. The molecule has 3 nitrogen and oxygen atoms in total. The molecular formula is C20H26N2O. The number of benzene rings is 2. The van der Waals surface area contributed by atoms with E-state index in [1.165, 1.54) is 11.1 Å². The SMILES string of the molecule is CCC(c1ccc(OCc2ccccc2)cc1)N1CCNCC1. The van der Waals surface area contributed by atoms with E-state index in [0.29, 0.717) is 12.6 Å². The van der Waals surface area contributed by atoms with Gasteiger partial charge in [0.15, 0.2) is 0 Å². The van der Waals surface area contributed by atoms with E-state index >= 15 is 0 Å². The Bertz CT molecular complexity index is 576.